The van der Waals surface area contributed by atoms with Gasteiger partial charge in [-0.15, -0.1) is 0 Å². The molecule has 0 aromatic carbocycles. The lowest BCUT2D eigenvalue weighted by Gasteiger charge is -2.32. The molecule has 1 aromatic rings. The number of aliphatic hydroxyl groups is 1. The van der Waals surface area contributed by atoms with Crippen LogP contribution in [0.15, 0.2) is 18.3 Å². The first-order valence-electron chi connectivity index (χ1n) is 6.58. The van der Waals surface area contributed by atoms with Crippen LogP contribution in [0.25, 0.3) is 0 Å². The first-order valence-corrected chi connectivity index (χ1v) is 6.58. The summed E-state index contributed by atoms with van der Waals surface area (Å²) in [7, 11) is 1.70. The molecule has 18 heavy (non-hydrogen) atoms. The van der Waals surface area contributed by atoms with Crippen LogP contribution >= 0.6 is 0 Å². The first kappa shape index (κ1) is 14.9. The molecule has 0 atom stereocenters. The van der Waals surface area contributed by atoms with Crippen molar-refractivity contribution in [1.29, 1.82) is 0 Å². The maximum atomic E-state index is 9.42. The molecule has 1 N–H and O–H groups in total. The van der Waals surface area contributed by atoms with E-state index in [2.05, 4.69) is 23.7 Å². The van der Waals surface area contributed by atoms with Crippen LogP contribution in [0, 0.1) is 0 Å². The van der Waals surface area contributed by atoms with E-state index in [9.17, 15) is 5.11 Å². The summed E-state index contributed by atoms with van der Waals surface area (Å²) in [6.45, 7) is 5.84. The third-order valence-electron chi connectivity index (χ3n) is 3.23. The van der Waals surface area contributed by atoms with E-state index in [1.54, 1.807) is 13.3 Å². The summed E-state index contributed by atoms with van der Waals surface area (Å²) in [6.07, 6.45) is 3.89. The second-order valence-electron chi connectivity index (χ2n) is 4.30. The first-order chi connectivity index (χ1) is 8.78. The molecule has 0 saturated carbocycles. The molecule has 4 nitrogen and oxygen atoms in total. The van der Waals surface area contributed by atoms with E-state index >= 15 is 0 Å². The smallest absolute Gasteiger partial charge is 0.134 e. The minimum Gasteiger partial charge on any atom is -0.392 e. The highest BCUT2D eigenvalue weighted by Crippen LogP contribution is 2.22. The third kappa shape index (κ3) is 3.68. The molecule has 1 heterocycles. The van der Waals surface area contributed by atoms with Crippen molar-refractivity contribution >= 4 is 5.82 Å². The Bertz CT molecular complexity index is 340. The van der Waals surface area contributed by atoms with Crippen molar-refractivity contribution in [3.8, 4) is 0 Å². The topological polar surface area (TPSA) is 45.6 Å². The van der Waals surface area contributed by atoms with E-state index in [0.717, 1.165) is 30.8 Å². The fourth-order valence-corrected chi connectivity index (χ4v) is 2.19. The largest absolute Gasteiger partial charge is 0.392 e. The number of pyridine rings is 1. The summed E-state index contributed by atoms with van der Waals surface area (Å²) >= 11 is 0. The van der Waals surface area contributed by atoms with Gasteiger partial charge in [0.25, 0.3) is 0 Å². The van der Waals surface area contributed by atoms with E-state index in [-0.39, 0.29) is 6.61 Å². The van der Waals surface area contributed by atoms with E-state index in [4.69, 9.17) is 4.74 Å². The monoisotopic (exact) mass is 252 g/mol. The quantitative estimate of drug-likeness (QED) is 0.770. The maximum Gasteiger partial charge on any atom is 0.134 e. The molecule has 0 spiro atoms. The molecule has 0 unspecified atom stereocenters. The predicted octanol–water partition coefficient (Wildman–Crippen LogP) is 2.22. The number of hydrogen-bond donors (Lipinski definition) is 1. The average Bonchev–Trinajstić information content (AvgIpc) is 2.43. The van der Waals surface area contributed by atoms with Gasteiger partial charge in [0.15, 0.2) is 0 Å². The number of anilines is 1. The van der Waals surface area contributed by atoms with E-state index in [1.807, 2.05) is 12.1 Å². The molecule has 0 fully saturated rings. The van der Waals surface area contributed by atoms with Crippen molar-refractivity contribution in [2.24, 2.45) is 0 Å². The molecule has 1 aromatic heterocycles. The maximum absolute atomic E-state index is 9.42. The fraction of sp³-hybridized carbons (Fsp3) is 0.643. The van der Waals surface area contributed by atoms with Gasteiger partial charge >= 0.3 is 0 Å². The number of nitrogens with zero attached hydrogens (tertiary/aromatic N) is 2. The molecular formula is C14H24N2O2. The number of aromatic nitrogens is 1. The molecule has 0 bridgehead atoms. The van der Waals surface area contributed by atoms with Gasteiger partial charge in [-0.05, 0) is 18.9 Å². The molecule has 0 saturated heterocycles. The number of methoxy groups -OCH3 is 1. The van der Waals surface area contributed by atoms with Gasteiger partial charge in [0.05, 0.1) is 13.2 Å². The zero-order chi connectivity index (χ0) is 13.4. The van der Waals surface area contributed by atoms with Crippen LogP contribution in [0.5, 0.6) is 0 Å². The van der Waals surface area contributed by atoms with Crippen molar-refractivity contribution in [2.75, 3.05) is 25.2 Å². The Hall–Kier alpha value is -1.13. The molecule has 0 aliphatic carbocycles. The molecule has 102 valence electrons. The van der Waals surface area contributed by atoms with Crippen LogP contribution in [0.1, 0.15) is 32.3 Å². The number of ether oxygens (including phenoxy) is 1. The van der Waals surface area contributed by atoms with Gasteiger partial charge in [0.2, 0.25) is 0 Å². The fourth-order valence-electron chi connectivity index (χ4n) is 2.19. The van der Waals surface area contributed by atoms with Gasteiger partial charge in [-0.3, -0.25) is 0 Å². The number of rotatable bonds is 8. The summed E-state index contributed by atoms with van der Waals surface area (Å²) in [5, 5.41) is 9.42. The van der Waals surface area contributed by atoms with Crippen molar-refractivity contribution in [3.05, 3.63) is 23.9 Å². The van der Waals surface area contributed by atoms with Crippen molar-refractivity contribution in [1.82, 2.24) is 4.98 Å². The second-order valence-corrected chi connectivity index (χ2v) is 4.30. The zero-order valence-corrected chi connectivity index (χ0v) is 11.6. The van der Waals surface area contributed by atoms with Crippen molar-refractivity contribution in [2.45, 2.75) is 39.3 Å². The Balaban J connectivity index is 2.99. The Morgan fingerprint density at radius 2 is 2.11 bits per heavy atom. The van der Waals surface area contributed by atoms with Gasteiger partial charge in [0.1, 0.15) is 5.82 Å². The summed E-state index contributed by atoms with van der Waals surface area (Å²) in [6, 6.07) is 4.21. The molecule has 0 aliphatic rings. The predicted molar refractivity (Wildman–Crippen MR) is 73.8 cm³/mol. The molecular weight excluding hydrogens is 228 g/mol. The third-order valence-corrected chi connectivity index (χ3v) is 3.23. The van der Waals surface area contributed by atoms with Gasteiger partial charge in [0, 0.05) is 31.5 Å². The normalized spacial score (nSPS) is 10.9. The van der Waals surface area contributed by atoms with Gasteiger partial charge in [-0.25, -0.2) is 4.98 Å². The van der Waals surface area contributed by atoms with Crippen LogP contribution in [0.2, 0.25) is 0 Å². The van der Waals surface area contributed by atoms with Crippen molar-refractivity contribution < 1.29 is 9.84 Å². The summed E-state index contributed by atoms with van der Waals surface area (Å²) in [5.41, 5.74) is 0.875. The molecule has 0 radical (unpaired) electrons. The minimum atomic E-state index is 0.0206. The summed E-state index contributed by atoms with van der Waals surface area (Å²) < 4.78 is 5.17. The van der Waals surface area contributed by atoms with Gasteiger partial charge in [-0.1, -0.05) is 19.9 Å². The number of aliphatic hydroxyl groups excluding tert-OH is 1. The van der Waals surface area contributed by atoms with Crippen molar-refractivity contribution in [3.63, 3.8) is 0 Å². The summed E-state index contributed by atoms with van der Waals surface area (Å²) in [5.74, 6) is 0.880. The molecule has 4 heteroatoms. The van der Waals surface area contributed by atoms with Gasteiger partial charge < -0.3 is 14.7 Å². The highest BCUT2D eigenvalue weighted by molar-refractivity contribution is 5.47. The van der Waals surface area contributed by atoms with Crippen LogP contribution < -0.4 is 4.90 Å². The average molecular weight is 252 g/mol. The Kier molecular flexibility index (Phi) is 6.68. The summed E-state index contributed by atoms with van der Waals surface area (Å²) in [4.78, 5) is 6.68. The van der Waals surface area contributed by atoms with Crippen LogP contribution in [-0.2, 0) is 11.3 Å². The zero-order valence-electron chi connectivity index (χ0n) is 11.6. The van der Waals surface area contributed by atoms with E-state index in [1.165, 1.54) is 0 Å². The highest BCUT2D eigenvalue weighted by Gasteiger charge is 2.19. The lowest BCUT2D eigenvalue weighted by Crippen LogP contribution is -2.38. The van der Waals surface area contributed by atoms with E-state index in [0.29, 0.717) is 12.6 Å². The molecule has 0 amide bonds. The Morgan fingerprint density at radius 3 is 2.67 bits per heavy atom. The highest BCUT2D eigenvalue weighted by atomic mass is 16.5. The Labute approximate surface area is 110 Å². The number of hydrogen-bond acceptors (Lipinski definition) is 4. The van der Waals surface area contributed by atoms with Crippen LogP contribution in [0.4, 0.5) is 5.82 Å². The van der Waals surface area contributed by atoms with Gasteiger partial charge in [-0.2, -0.15) is 0 Å². The molecule has 1 rings (SSSR count). The molecule has 0 aliphatic heterocycles. The standard InChI is InChI=1S/C14H24N2O2/c1-4-13(5-2)16(9-10-18-3)14-12(11-17)7-6-8-15-14/h6-8,13,17H,4-5,9-11H2,1-3H3. The SMILES string of the molecule is CCC(CC)N(CCOC)c1ncccc1CO. The second kappa shape index (κ2) is 8.06. The minimum absolute atomic E-state index is 0.0206. The lowest BCUT2D eigenvalue weighted by atomic mass is 10.1. The Morgan fingerprint density at radius 1 is 1.39 bits per heavy atom. The lowest BCUT2D eigenvalue weighted by molar-refractivity contribution is 0.202. The van der Waals surface area contributed by atoms with Crippen LogP contribution in [0.3, 0.4) is 0 Å². The van der Waals surface area contributed by atoms with Crippen LogP contribution in [-0.4, -0.2) is 36.4 Å². The van der Waals surface area contributed by atoms with E-state index < -0.39 is 0 Å².